The van der Waals surface area contributed by atoms with E-state index in [0.717, 1.165) is 125 Å². The van der Waals surface area contributed by atoms with E-state index in [9.17, 15) is 28.9 Å². The number of rotatable bonds is 9. The fourth-order valence-corrected chi connectivity index (χ4v) is 13.0. The number of amides is 1. The summed E-state index contributed by atoms with van der Waals surface area (Å²) >= 11 is 0. The zero-order valence-corrected chi connectivity index (χ0v) is 46.9. The summed E-state index contributed by atoms with van der Waals surface area (Å²) in [5, 5.41) is 48.1. The molecular weight excluding hydrogens is 1090 g/mol. The Morgan fingerprint density at radius 3 is 1.41 bits per heavy atom. The monoisotopic (exact) mass is 1160 g/mol. The highest BCUT2D eigenvalue weighted by atomic mass is 19.1. The number of nitriles is 2. The van der Waals surface area contributed by atoms with Gasteiger partial charge in [-0.2, -0.15) is 30.9 Å². The Labute approximate surface area is 494 Å². The highest BCUT2D eigenvalue weighted by Gasteiger charge is 2.48. The number of carbonyl (C=O) groups is 2. The molecule has 21 nitrogen and oxygen atoms in total. The summed E-state index contributed by atoms with van der Waals surface area (Å²) in [6.07, 6.45) is 24.8. The third kappa shape index (κ3) is 11.4. The molecule has 2 saturated carbocycles. The van der Waals surface area contributed by atoms with Gasteiger partial charge in [-0.15, -0.1) is 0 Å². The first kappa shape index (κ1) is 57.6. The predicted molar refractivity (Wildman–Crippen MR) is 318 cm³/mol. The summed E-state index contributed by atoms with van der Waals surface area (Å²) < 4.78 is 33.5. The summed E-state index contributed by atoms with van der Waals surface area (Å²) in [7, 11) is 3.77. The fourth-order valence-electron chi connectivity index (χ4n) is 13.0. The number of aromatic carboxylic acids is 1. The van der Waals surface area contributed by atoms with Gasteiger partial charge in [0.1, 0.15) is 23.8 Å². The number of carbonyl (C=O) groups excluding carboxylic acids is 1. The molecular formula is C63H62F2N18O3. The van der Waals surface area contributed by atoms with Gasteiger partial charge in [0.25, 0.3) is 5.91 Å². The molecule has 0 radical (unpaired) electrons. The number of fused-ring (bicyclic) bond motifs is 4. The highest BCUT2D eigenvalue weighted by molar-refractivity contribution is 5.93. The highest BCUT2D eigenvalue weighted by Crippen LogP contribution is 2.46. The Kier molecular flexibility index (Phi) is 15.4. The lowest BCUT2D eigenvalue weighted by molar-refractivity contribution is 0.0684. The average molecular weight is 1160 g/mol. The van der Waals surface area contributed by atoms with Gasteiger partial charge in [0.15, 0.2) is 23.0 Å². The van der Waals surface area contributed by atoms with Crippen molar-refractivity contribution in [3.63, 3.8) is 0 Å². The van der Waals surface area contributed by atoms with Crippen molar-refractivity contribution in [2.24, 2.45) is 43.5 Å². The summed E-state index contributed by atoms with van der Waals surface area (Å²) in [5.74, 6) is 0.751. The first-order chi connectivity index (χ1) is 40.9. The van der Waals surface area contributed by atoms with E-state index in [1.165, 1.54) is 30.6 Å². The number of pyridine rings is 6. The Hall–Kier alpha value is -10.3. The molecule has 0 aromatic carbocycles. The quantitative estimate of drug-likeness (QED) is 0.122. The number of aryl methyl sites for hydroxylation is 2. The molecule has 10 aromatic rings. The lowest BCUT2D eigenvalue weighted by Gasteiger charge is -2.28. The molecule has 2 aliphatic carbocycles. The lowest BCUT2D eigenvalue weighted by atomic mass is 9.97. The topological polar surface area (TPSA) is 268 Å². The van der Waals surface area contributed by atoms with Gasteiger partial charge in [-0.25, -0.2) is 42.5 Å². The zero-order chi connectivity index (χ0) is 59.3. The molecule has 23 heteroatoms. The lowest BCUT2D eigenvalue weighted by Crippen LogP contribution is -2.45. The Balaban J connectivity index is 0.000000155. The number of hydrogen-bond acceptors (Lipinski definition) is 15. The second kappa shape index (κ2) is 23.1. The predicted octanol–water partition coefficient (Wildman–Crippen LogP) is 9.02. The number of carboxylic acids is 1. The van der Waals surface area contributed by atoms with E-state index in [2.05, 4.69) is 88.8 Å². The molecule has 1 amide bonds. The SMILES string of the molecule is C.Cn1cc(-c2cc(-c3ccc(N4C[C@@H]5CC(C)(N)C[C@@H]5C4)nc3)c3c(C#N)cnn3c2)cn1.Cn1cc(-c2cc(-c3ccc(N4C[C@@H]5CC(C)(NC(=O)c6ncccc6F)C[C@@H]5C4)nc3)c3c(C#N)cnn3c2)cn1.O=C(O)c1ncccc1F. The number of nitrogens with two attached hydrogens (primary N) is 1. The van der Waals surface area contributed by atoms with Crippen LogP contribution in [0, 0.1) is 58.0 Å². The fraction of sp³-hybridized carbons (Fsp3) is 0.302. The van der Waals surface area contributed by atoms with E-state index in [4.69, 9.17) is 20.8 Å². The molecule has 4 aliphatic rings. The number of carboxylic acid groups (broad SMARTS) is 1. The van der Waals surface area contributed by atoms with E-state index in [1.807, 2.05) is 76.5 Å². The van der Waals surface area contributed by atoms with Gasteiger partial charge < -0.3 is 26.0 Å². The van der Waals surface area contributed by atoms with Crippen LogP contribution < -0.4 is 20.9 Å². The average Bonchev–Trinajstić information content (AvgIpc) is 2.01. The Morgan fingerprint density at radius 2 is 1.03 bits per heavy atom. The van der Waals surface area contributed by atoms with Crippen LogP contribution in [0.25, 0.3) is 55.5 Å². The molecule has 436 valence electrons. The summed E-state index contributed by atoms with van der Waals surface area (Å²) in [5.41, 5.74) is 15.4. The molecule has 10 aromatic heterocycles. The van der Waals surface area contributed by atoms with Gasteiger partial charge in [0, 0.05) is 145 Å². The molecule has 4 fully saturated rings. The van der Waals surface area contributed by atoms with Gasteiger partial charge >= 0.3 is 5.97 Å². The maximum Gasteiger partial charge on any atom is 0.357 e. The van der Waals surface area contributed by atoms with E-state index >= 15 is 0 Å². The van der Waals surface area contributed by atoms with Crippen molar-refractivity contribution in [2.45, 2.75) is 58.0 Å². The van der Waals surface area contributed by atoms with Crippen molar-refractivity contribution in [1.82, 2.24) is 64.0 Å². The van der Waals surface area contributed by atoms with Crippen LogP contribution in [0.4, 0.5) is 20.4 Å². The van der Waals surface area contributed by atoms with Crippen molar-refractivity contribution in [1.29, 1.82) is 10.5 Å². The van der Waals surface area contributed by atoms with Crippen molar-refractivity contribution < 1.29 is 23.5 Å². The van der Waals surface area contributed by atoms with E-state index in [0.29, 0.717) is 34.8 Å². The molecule has 2 unspecified atom stereocenters. The number of aromatic nitrogens is 12. The molecule has 14 rings (SSSR count). The molecule has 4 N–H and O–H groups in total. The number of anilines is 2. The standard InChI is InChI=1S/C31H28FN9O.C25H26N8.C6H4FNO2.CH4/c1-31(38-30(42)28-26(32)4-3-7-34-28)9-21-16-40(17-22(21)10-31)27-6-5-19(12-35-27)25-8-20(24-14-36-39(2)15-24)18-41-29(25)23(11-33)13-37-41;1-25(27)6-18-13-32(14-19(18)7-25)23-4-3-16(9-28-23)22-5-17(21-11-29-31(2)12-21)15-33-24(22)20(8-26)10-30-33;7-4-2-1-3-8-5(4)6(9)10;/h3-8,12-15,18,21-22H,9-10,16-17H2,1-2H3,(H,38,42);3-5,9-12,15,18-19H,6-7,13-14,27H2,1-2H3;1-3H,(H,9,10);1H4/t21-,22+,31?;18-,19+,25?;;. The molecule has 2 saturated heterocycles. The number of halogens is 2. The van der Waals surface area contributed by atoms with Crippen LogP contribution in [0.2, 0.25) is 0 Å². The number of nitrogens with zero attached hydrogens (tertiary/aromatic N) is 16. The van der Waals surface area contributed by atoms with E-state index < -0.39 is 34.7 Å². The van der Waals surface area contributed by atoms with Gasteiger partial charge in [-0.1, -0.05) is 7.43 Å². The normalized spacial score (nSPS) is 20.9. The Bertz CT molecular complexity index is 4240. The van der Waals surface area contributed by atoms with Gasteiger partial charge in [-0.05, 0) is 124 Å². The third-order valence-electron chi connectivity index (χ3n) is 16.7. The van der Waals surface area contributed by atoms with Crippen molar-refractivity contribution in [3.05, 3.63) is 169 Å². The van der Waals surface area contributed by atoms with Crippen LogP contribution in [-0.2, 0) is 14.1 Å². The van der Waals surface area contributed by atoms with E-state index in [-0.39, 0.29) is 18.7 Å². The molecule has 12 heterocycles. The van der Waals surface area contributed by atoms with Crippen molar-refractivity contribution in [3.8, 4) is 56.6 Å². The molecule has 2 aliphatic heterocycles. The minimum atomic E-state index is -1.35. The summed E-state index contributed by atoms with van der Waals surface area (Å²) in [6, 6.07) is 22.0. The maximum absolute atomic E-state index is 14.1. The van der Waals surface area contributed by atoms with Crippen LogP contribution >= 0.6 is 0 Å². The second-order valence-electron chi connectivity index (χ2n) is 23.1. The third-order valence-corrected chi connectivity index (χ3v) is 16.7. The van der Waals surface area contributed by atoms with Gasteiger partial charge in [-0.3, -0.25) is 14.2 Å². The smallest absolute Gasteiger partial charge is 0.357 e. The van der Waals surface area contributed by atoms with Gasteiger partial charge in [0.2, 0.25) is 0 Å². The number of hydrogen-bond donors (Lipinski definition) is 3. The molecule has 0 bridgehead atoms. The second-order valence-corrected chi connectivity index (χ2v) is 23.1. The van der Waals surface area contributed by atoms with Crippen molar-refractivity contribution >= 4 is 34.5 Å². The van der Waals surface area contributed by atoms with Crippen LogP contribution in [0.5, 0.6) is 0 Å². The minimum Gasteiger partial charge on any atom is -0.476 e. The first-order valence-electron chi connectivity index (χ1n) is 27.7. The molecule has 0 spiro atoms. The largest absolute Gasteiger partial charge is 0.476 e. The molecule has 6 atom stereocenters. The maximum atomic E-state index is 14.1. The van der Waals surface area contributed by atoms with Gasteiger partial charge in [0.05, 0.1) is 46.9 Å². The van der Waals surface area contributed by atoms with Crippen LogP contribution in [0.15, 0.2) is 135 Å². The summed E-state index contributed by atoms with van der Waals surface area (Å²) in [4.78, 5) is 44.4. The zero-order valence-electron chi connectivity index (χ0n) is 46.9. The van der Waals surface area contributed by atoms with Crippen LogP contribution in [-0.4, -0.2) is 113 Å². The van der Waals surface area contributed by atoms with E-state index in [1.54, 1.807) is 37.0 Å². The molecule has 86 heavy (non-hydrogen) atoms. The Morgan fingerprint density at radius 1 is 0.593 bits per heavy atom. The van der Waals surface area contributed by atoms with Crippen LogP contribution in [0.1, 0.15) is 79.1 Å². The summed E-state index contributed by atoms with van der Waals surface area (Å²) in [6.45, 7) is 7.92. The number of nitrogens with one attached hydrogen (secondary N) is 1. The van der Waals surface area contributed by atoms with Crippen molar-refractivity contribution in [2.75, 3.05) is 36.0 Å². The van der Waals surface area contributed by atoms with Crippen LogP contribution in [0.3, 0.4) is 0 Å². The minimum absolute atomic E-state index is 0. The first-order valence-corrected chi connectivity index (χ1v) is 27.7.